The Morgan fingerprint density at radius 1 is 1.08 bits per heavy atom. The van der Waals surface area contributed by atoms with Gasteiger partial charge in [-0.25, -0.2) is 8.42 Å². The van der Waals surface area contributed by atoms with Crippen LogP contribution in [0.1, 0.15) is 51.5 Å². The lowest BCUT2D eigenvalue weighted by atomic mass is 10.0. The van der Waals surface area contributed by atoms with Gasteiger partial charge < -0.3 is 4.90 Å². The van der Waals surface area contributed by atoms with Crippen molar-refractivity contribution < 1.29 is 13.2 Å². The Labute approximate surface area is 144 Å². The van der Waals surface area contributed by atoms with E-state index in [1.807, 2.05) is 32.9 Å². The maximum atomic E-state index is 13.3. The largest absolute Gasteiger partial charge is 0.312 e. The topological polar surface area (TPSA) is 57.7 Å². The molecule has 0 aliphatic carbocycles. The molecule has 3 rings (SSSR count). The number of sulfonamides is 1. The zero-order chi connectivity index (χ0) is 17.5. The highest BCUT2D eigenvalue weighted by molar-refractivity contribution is 7.89. The standard InChI is InChI=1S/C18H26N2O3S/c1-13-9-10-16(19-11-5-8-18(19)21)12-17(13)24(22,23)20-14(2)6-4-7-15(20)3/h9-10,12,14-15H,4-8,11H2,1-3H3/t14-,15+. The van der Waals surface area contributed by atoms with Gasteiger partial charge >= 0.3 is 0 Å². The lowest BCUT2D eigenvalue weighted by molar-refractivity contribution is -0.117. The Hall–Kier alpha value is -1.40. The third kappa shape index (κ3) is 2.97. The Morgan fingerprint density at radius 3 is 2.33 bits per heavy atom. The number of aryl methyl sites for hydroxylation is 1. The first kappa shape index (κ1) is 17.4. The van der Waals surface area contributed by atoms with Gasteiger partial charge in [-0.15, -0.1) is 0 Å². The molecule has 0 N–H and O–H groups in total. The number of benzene rings is 1. The third-order valence-corrected chi connectivity index (χ3v) is 7.50. The number of anilines is 1. The molecule has 1 amide bonds. The highest BCUT2D eigenvalue weighted by atomic mass is 32.2. The van der Waals surface area contributed by atoms with Gasteiger partial charge in [0.25, 0.3) is 0 Å². The van der Waals surface area contributed by atoms with Gasteiger partial charge in [-0.1, -0.05) is 12.5 Å². The Bertz CT molecular complexity index is 735. The zero-order valence-corrected chi connectivity index (χ0v) is 15.5. The number of hydrogen-bond donors (Lipinski definition) is 0. The van der Waals surface area contributed by atoms with Gasteiger partial charge in [0.15, 0.2) is 0 Å². The van der Waals surface area contributed by atoms with E-state index in [0.29, 0.717) is 23.5 Å². The van der Waals surface area contributed by atoms with E-state index in [-0.39, 0.29) is 18.0 Å². The fraction of sp³-hybridized carbons (Fsp3) is 0.611. The van der Waals surface area contributed by atoms with E-state index in [0.717, 1.165) is 31.2 Å². The van der Waals surface area contributed by atoms with E-state index < -0.39 is 10.0 Å². The molecule has 0 aromatic heterocycles. The van der Waals surface area contributed by atoms with E-state index in [1.54, 1.807) is 15.3 Å². The van der Waals surface area contributed by atoms with E-state index in [2.05, 4.69) is 0 Å². The SMILES string of the molecule is Cc1ccc(N2CCCC2=O)cc1S(=O)(=O)N1[C@H](C)CCC[C@@H]1C. The summed E-state index contributed by atoms with van der Waals surface area (Å²) >= 11 is 0. The Morgan fingerprint density at radius 2 is 1.75 bits per heavy atom. The lowest BCUT2D eigenvalue weighted by Gasteiger charge is -2.38. The van der Waals surface area contributed by atoms with Gasteiger partial charge in [0.1, 0.15) is 0 Å². The number of amides is 1. The fourth-order valence-electron chi connectivity index (χ4n) is 3.94. The first-order valence-electron chi connectivity index (χ1n) is 8.77. The average molecular weight is 350 g/mol. The Kier molecular flexibility index (Phi) is 4.71. The van der Waals surface area contributed by atoms with Crippen molar-refractivity contribution in [2.75, 3.05) is 11.4 Å². The van der Waals surface area contributed by atoms with E-state index in [9.17, 15) is 13.2 Å². The second-order valence-electron chi connectivity index (χ2n) is 7.06. The number of rotatable bonds is 3. The van der Waals surface area contributed by atoms with Crippen molar-refractivity contribution in [2.24, 2.45) is 0 Å². The van der Waals surface area contributed by atoms with Gasteiger partial charge in [0, 0.05) is 30.7 Å². The van der Waals surface area contributed by atoms with Crippen molar-refractivity contribution >= 4 is 21.6 Å². The van der Waals surface area contributed by atoms with Crippen LogP contribution in [0.4, 0.5) is 5.69 Å². The summed E-state index contributed by atoms with van der Waals surface area (Å²) < 4.78 is 28.3. The molecule has 1 aromatic carbocycles. The number of carbonyl (C=O) groups is 1. The quantitative estimate of drug-likeness (QED) is 0.842. The number of hydrogen-bond acceptors (Lipinski definition) is 3. The predicted molar refractivity (Wildman–Crippen MR) is 94.6 cm³/mol. The second-order valence-corrected chi connectivity index (χ2v) is 8.87. The summed E-state index contributed by atoms with van der Waals surface area (Å²) in [6.07, 6.45) is 4.22. The van der Waals surface area contributed by atoms with Crippen molar-refractivity contribution in [1.82, 2.24) is 4.31 Å². The van der Waals surface area contributed by atoms with Crippen LogP contribution in [0, 0.1) is 6.92 Å². The van der Waals surface area contributed by atoms with Crippen LogP contribution in [0.2, 0.25) is 0 Å². The minimum atomic E-state index is -3.57. The van der Waals surface area contributed by atoms with Crippen LogP contribution >= 0.6 is 0 Å². The molecular formula is C18H26N2O3S. The summed E-state index contributed by atoms with van der Waals surface area (Å²) in [7, 11) is -3.57. The molecule has 2 atom stereocenters. The molecule has 132 valence electrons. The summed E-state index contributed by atoms with van der Waals surface area (Å²) in [5, 5.41) is 0. The lowest BCUT2D eigenvalue weighted by Crippen LogP contribution is -2.47. The van der Waals surface area contributed by atoms with Crippen LogP contribution in [0.5, 0.6) is 0 Å². The molecule has 2 heterocycles. The van der Waals surface area contributed by atoms with Gasteiger partial charge in [-0.05, 0) is 57.7 Å². The predicted octanol–water partition coefficient (Wildman–Crippen LogP) is 3.07. The van der Waals surface area contributed by atoms with Crippen LogP contribution < -0.4 is 4.90 Å². The number of carbonyl (C=O) groups excluding carboxylic acids is 1. The molecule has 2 aliphatic rings. The molecule has 0 spiro atoms. The monoisotopic (exact) mass is 350 g/mol. The van der Waals surface area contributed by atoms with E-state index >= 15 is 0 Å². The highest BCUT2D eigenvalue weighted by Gasteiger charge is 2.37. The van der Waals surface area contributed by atoms with Crippen molar-refractivity contribution in [1.29, 1.82) is 0 Å². The smallest absolute Gasteiger partial charge is 0.243 e. The average Bonchev–Trinajstić information content (AvgIpc) is 2.93. The van der Waals surface area contributed by atoms with Crippen LogP contribution in [-0.2, 0) is 14.8 Å². The third-order valence-electron chi connectivity index (χ3n) is 5.22. The van der Waals surface area contributed by atoms with Crippen LogP contribution in [0.25, 0.3) is 0 Å². The zero-order valence-electron chi connectivity index (χ0n) is 14.7. The molecule has 2 saturated heterocycles. The van der Waals surface area contributed by atoms with E-state index in [4.69, 9.17) is 0 Å². The number of piperidine rings is 1. The molecule has 0 saturated carbocycles. The Balaban J connectivity index is 2.02. The first-order chi connectivity index (χ1) is 11.3. The van der Waals surface area contributed by atoms with Crippen LogP contribution in [0.3, 0.4) is 0 Å². The summed E-state index contributed by atoms with van der Waals surface area (Å²) in [5.41, 5.74) is 1.43. The van der Waals surface area contributed by atoms with Crippen molar-refractivity contribution in [3.63, 3.8) is 0 Å². The van der Waals surface area contributed by atoms with Crippen LogP contribution in [0.15, 0.2) is 23.1 Å². The minimum Gasteiger partial charge on any atom is -0.312 e. The van der Waals surface area contributed by atoms with Gasteiger partial charge in [-0.2, -0.15) is 4.31 Å². The molecule has 1 aromatic rings. The van der Waals surface area contributed by atoms with Crippen LogP contribution in [-0.4, -0.2) is 37.3 Å². The molecule has 24 heavy (non-hydrogen) atoms. The second kappa shape index (κ2) is 6.48. The van der Waals surface area contributed by atoms with Gasteiger partial charge in [0.05, 0.1) is 4.90 Å². The molecule has 0 bridgehead atoms. The normalized spacial score (nSPS) is 26.1. The van der Waals surface area contributed by atoms with Gasteiger partial charge in [-0.3, -0.25) is 4.79 Å². The summed E-state index contributed by atoms with van der Waals surface area (Å²) in [6, 6.07) is 5.36. The fourth-order valence-corrected chi connectivity index (χ4v) is 6.07. The summed E-state index contributed by atoms with van der Waals surface area (Å²) in [6.45, 7) is 6.45. The summed E-state index contributed by atoms with van der Waals surface area (Å²) in [4.78, 5) is 14.0. The van der Waals surface area contributed by atoms with E-state index in [1.165, 1.54) is 0 Å². The molecule has 2 fully saturated rings. The first-order valence-corrected chi connectivity index (χ1v) is 10.2. The molecular weight excluding hydrogens is 324 g/mol. The molecule has 5 nitrogen and oxygen atoms in total. The van der Waals surface area contributed by atoms with Crippen molar-refractivity contribution in [2.45, 2.75) is 69.9 Å². The highest BCUT2D eigenvalue weighted by Crippen LogP contribution is 2.33. The number of nitrogens with zero attached hydrogens (tertiary/aromatic N) is 2. The van der Waals surface area contributed by atoms with Gasteiger partial charge in [0.2, 0.25) is 15.9 Å². The molecule has 6 heteroatoms. The molecule has 0 unspecified atom stereocenters. The minimum absolute atomic E-state index is 0.00947. The van der Waals surface area contributed by atoms with Crippen molar-refractivity contribution in [3.05, 3.63) is 23.8 Å². The summed E-state index contributed by atoms with van der Waals surface area (Å²) in [5.74, 6) is 0.0712. The maximum absolute atomic E-state index is 13.3. The molecule has 0 radical (unpaired) electrons. The molecule has 2 aliphatic heterocycles. The maximum Gasteiger partial charge on any atom is 0.243 e. The van der Waals surface area contributed by atoms with Crippen molar-refractivity contribution in [3.8, 4) is 0 Å².